The first-order chi connectivity index (χ1) is 9.93. The Morgan fingerprint density at radius 2 is 2.29 bits per heavy atom. The molecule has 1 amide bonds. The smallest absolute Gasteiger partial charge is 0.227 e. The third kappa shape index (κ3) is 2.33. The fourth-order valence-corrected chi connectivity index (χ4v) is 3.88. The van der Waals surface area contributed by atoms with Crippen molar-refractivity contribution in [1.82, 2.24) is 10.3 Å². The Morgan fingerprint density at radius 1 is 1.52 bits per heavy atom. The fraction of sp³-hybridized carbons (Fsp3) is 0.467. The molecule has 0 radical (unpaired) electrons. The molecule has 2 heterocycles. The van der Waals surface area contributed by atoms with Gasteiger partial charge in [0.2, 0.25) is 5.91 Å². The molecule has 6 heteroatoms. The zero-order valence-electron chi connectivity index (χ0n) is 12.6. The van der Waals surface area contributed by atoms with Crippen molar-refractivity contribution in [2.24, 2.45) is 5.41 Å². The number of amides is 1. The summed E-state index contributed by atoms with van der Waals surface area (Å²) in [6, 6.07) is 4.04. The van der Waals surface area contributed by atoms with E-state index in [1.165, 1.54) is 0 Å². The van der Waals surface area contributed by atoms with Crippen LogP contribution in [0.4, 0.5) is 11.4 Å². The number of nitrogens with one attached hydrogen (secondary N) is 1. The van der Waals surface area contributed by atoms with Gasteiger partial charge in [0.15, 0.2) is 0 Å². The molecule has 1 saturated heterocycles. The standard InChI is InChI=1S/C15H20N4OS/c1-9-18-11-7-12(10(16)6-13(11)21-9)19-5-4-15(2,8-19)14(20)17-3/h6-7H,4-5,8,16H2,1-3H3,(H,17,20). The maximum Gasteiger partial charge on any atom is 0.227 e. The van der Waals surface area contributed by atoms with E-state index in [1.807, 2.05) is 26.0 Å². The largest absolute Gasteiger partial charge is 0.397 e. The van der Waals surface area contributed by atoms with Crippen molar-refractivity contribution in [2.45, 2.75) is 20.3 Å². The summed E-state index contributed by atoms with van der Waals surface area (Å²) in [5, 5.41) is 3.80. The van der Waals surface area contributed by atoms with Gasteiger partial charge in [-0.3, -0.25) is 4.79 Å². The molecule has 5 nitrogen and oxygen atoms in total. The Labute approximate surface area is 128 Å². The van der Waals surface area contributed by atoms with Crippen LogP contribution in [0.3, 0.4) is 0 Å². The van der Waals surface area contributed by atoms with Crippen LogP contribution >= 0.6 is 11.3 Å². The number of rotatable bonds is 2. The van der Waals surface area contributed by atoms with Crippen LogP contribution < -0.4 is 16.0 Å². The van der Waals surface area contributed by atoms with Gasteiger partial charge >= 0.3 is 0 Å². The number of hydrogen-bond acceptors (Lipinski definition) is 5. The number of carbonyl (C=O) groups is 1. The molecule has 21 heavy (non-hydrogen) atoms. The predicted molar refractivity (Wildman–Crippen MR) is 87.8 cm³/mol. The summed E-state index contributed by atoms with van der Waals surface area (Å²) >= 11 is 1.65. The van der Waals surface area contributed by atoms with Gasteiger partial charge < -0.3 is 16.0 Å². The number of thiazole rings is 1. The molecule has 1 aliphatic heterocycles. The first-order valence-electron chi connectivity index (χ1n) is 7.07. The van der Waals surface area contributed by atoms with E-state index in [2.05, 4.69) is 15.2 Å². The molecule has 0 saturated carbocycles. The van der Waals surface area contributed by atoms with Crippen molar-refractivity contribution in [3.05, 3.63) is 17.1 Å². The molecule has 1 aromatic heterocycles. The summed E-state index contributed by atoms with van der Waals surface area (Å²) in [5.41, 5.74) is 8.58. The Balaban J connectivity index is 1.94. The highest BCUT2D eigenvalue weighted by molar-refractivity contribution is 7.18. The van der Waals surface area contributed by atoms with Crippen molar-refractivity contribution in [2.75, 3.05) is 30.8 Å². The Kier molecular flexibility index (Phi) is 3.28. The lowest BCUT2D eigenvalue weighted by Crippen LogP contribution is -2.39. The van der Waals surface area contributed by atoms with Gasteiger partial charge in [-0.15, -0.1) is 11.3 Å². The van der Waals surface area contributed by atoms with Gasteiger partial charge in [0.25, 0.3) is 0 Å². The summed E-state index contributed by atoms with van der Waals surface area (Å²) in [6.45, 7) is 5.53. The van der Waals surface area contributed by atoms with E-state index in [4.69, 9.17) is 5.73 Å². The zero-order chi connectivity index (χ0) is 15.2. The lowest BCUT2D eigenvalue weighted by Gasteiger charge is -2.24. The molecule has 0 aliphatic carbocycles. The first-order valence-corrected chi connectivity index (χ1v) is 7.88. The number of nitrogen functional groups attached to an aromatic ring is 1. The van der Waals surface area contributed by atoms with Gasteiger partial charge in [0, 0.05) is 20.1 Å². The van der Waals surface area contributed by atoms with Crippen molar-refractivity contribution < 1.29 is 4.79 Å². The van der Waals surface area contributed by atoms with E-state index in [9.17, 15) is 4.79 Å². The Bertz CT molecular complexity index is 711. The number of nitrogens with zero attached hydrogens (tertiary/aromatic N) is 2. The molecular weight excluding hydrogens is 284 g/mol. The minimum absolute atomic E-state index is 0.0918. The molecule has 1 unspecified atom stereocenters. The van der Waals surface area contributed by atoms with Gasteiger partial charge in [0.1, 0.15) is 0 Å². The fourth-order valence-electron chi connectivity index (χ4n) is 3.02. The predicted octanol–water partition coefficient (Wildman–Crippen LogP) is 2.15. The summed E-state index contributed by atoms with van der Waals surface area (Å²) in [6.07, 6.45) is 0.834. The molecule has 1 aromatic carbocycles. The van der Waals surface area contributed by atoms with Crippen LogP contribution in [0.5, 0.6) is 0 Å². The second-order valence-electron chi connectivity index (χ2n) is 5.92. The minimum Gasteiger partial charge on any atom is -0.397 e. The van der Waals surface area contributed by atoms with Crippen LogP contribution in [-0.2, 0) is 4.79 Å². The second kappa shape index (κ2) is 4.87. The molecule has 2 aromatic rings. The summed E-state index contributed by atoms with van der Waals surface area (Å²) in [7, 11) is 1.69. The average Bonchev–Trinajstić information content (AvgIpc) is 3.00. The molecular formula is C15H20N4OS. The summed E-state index contributed by atoms with van der Waals surface area (Å²) in [5.74, 6) is 0.0918. The quantitative estimate of drug-likeness (QED) is 0.834. The number of nitrogens with two attached hydrogens (primary N) is 1. The van der Waals surface area contributed by atoms with Crippen LogP contribution in [0.25, 0.3) is 10.2 Å². The first kappa shape index (κ1) is 14.1. The van der Waals surface area contributed by atoms with Gasteiger partial charge in [-0.1, -0.05) is 0 Å². The van der Waals surface area contributed by atoms with Crippen molar-refractivity contribution in [3.63, 3.8) is 0 Å². The van der Waals surface area contributed by atoms with Crippen molar-refractivity contribution in [1.29, 1.82) is 0 Å². The maximum absolute atomic E-state index is 12.0. The number of carbonyl (C=O) groups excluding carboxylic acids is 1. The summed E-state index contributed by atoms with van der Waals surface area (Å²) < 4.78 is 1.11. The topological polar surface area (TPSA) is 71.2 Å². The lowest BCUT2D eigenvalue weighted by molar-refractivity contribution is -0.128. The number of aryl methyl sites for hydroxylation is 1. The van der Waals surface area contributed by atoms with Crippen molar-refractivity contribution >= 4 is 38.8 Å². The lowest BCUT2D eigenvalue weighted by atomic mass is 9.89. The van der Waals surface area contributed by atoms with Gasteiger partial charge in [-0.2, -0.15) is 0 Å². The second-order valence-corrected chi connectivity index (χ2v) is 7.16. The van der Waals surface area contributed by atoms with E-state index in [0.29, 0.717) is 6.54 Å². The van der Waals surface area contributed by atoms with E-state index in [-0.39, 0.29) is 11.3 Å². The van der Waals surface area contributed by atoms with Gasteiger partial charge in [-0.25, -0.2) is 4.98 Å². The molecule has 1 aliphatic rings. The average molecular weight is 304 g/mol. The molecule has 3 N–H and O–H groups in total. The third-order valence-corrected chi connectivity index (χ3v) is 5.17. The van der Waals surface area contributed by atoms with Crippen LogP contribution in [0, 0.1) is 12.3 Å². The van der Waals surface area contributed by atoms with Crippen LogP contribution in [0.1, 0.15) is 18.4 Å². The molecule has 0 spiro atoms. The number of aromatic nitrogens is 1. The Morgan fingerprint density at radius 3 is 3.00 bits per heavy atom. The van der Waals surface area contributed by atoms with Crippen LogP contribution in [0.2, 0.25) is 0 Å². The zero-order valence-corrected chi connectivity index (χ0v) is 13.4. The Hall–Kier alpha value is -1.82. The van der Waals surface area contributed by atoms with Gasteiger partial charge in [0.05, 0.1) is 32.0 Å². The number of fused-ring (bicyclic) bond motifs is 1. The molecule has 1 atom stereocenters. The third-order valence-electron chi connectivity index (χ3n) is 4.23. The number of anilines is 2. The highest BCUT2D eigenvalue weighted by Gasteiger charge is 2.40. The molecule has 1 fully saturated rings. The van der Waals surface area contributed by atoms with Gasteiger partial charge in [-0.05, 0) is 32.4 Å². The van der Waals surface area contributed by atoms with E-state index < -0.39 is 0 Å². The highest BCUT2D eigenvalue weighted by Crippen LogP contribution is 2.38. The highest BCUT2D eigenvalue weighted by atomic mass is 32.1. The minimum atomic E-state index is -0.353. The van der Waals surface area contributed by atoms with E-state index >= 15 is 0 Å². The van der Waals surface area contributed by atoms with E-state index in [0.717, 1.165) is 39.6 Å². The maximum atomic E-state index is 12.0. The van der Waals surface area contributed by atoms with Crippen LogP contribution in [0.15, 0.2) is 12.1 Å². The SMILES string of the molecule is CNC(=O)C1(C)CCN(c2cc3nc(C)sc3cc2N)C1. The summed E-state index contributed by atoms with van der Waals surface area (Å²) in [4.78, 5) is 18.8. The molecule has 3 rings (SSSR count). The monoisotopic (exact) mass is 304 g/mol. The number of benzene rings is 1. The van der Waals surface area contributed by atoms with E-state index in [1.54, 1.807) is 18.4 Å². The van der Waals surface area contributed by atoms with Crippen LogP contribution in [-0.4, -0.2) is 31.0 Å². The normalized spacial score (nSPS) is 22.0. The van der Waals surface area contributed by atoms with Crippen molar-refractivity contribution in [3.8, 4) is 0 Å². The molecule has 112 valence electrons. The molecule has 0 bridgehead atoms. The number of hydrogen-bond donors (Lipinski definition) is 2.